The quantitative estimate of drug-likeness (QED) is 0.901. The average Bonchev–Trinajstić information content (AvgIpc) is 2.60. The summed E-state index contributed by atoms with van der Waals surface area (Å²) in [5, 5.41) is 14.0. The van der Waals surface area contributed by atoms with Crippen LogP contribution in [0.5, 0.6) is 0 Å². The number of aromatic carboxylic acids is 1. The molecule has 1 aromatic rings. The van der Waals surface area contributed by atoms with Crippen molar-refractivity contribution >= 4 is 23.3 Å². The van der Waals surface area contributed by atoms with E-state index in [2.05, 4.69) is 5.10 Å². The summed E-state index contributed by atoms with van der Waals surface area (Å²) >= 11 is 0. The summed E-state index contributed by atoms with van der Waals surface area (Å²) in [5.74, 6) is -2.19. The smallest absolute Gasteiger partial charge is 0.335 e. The van der Waals surface area contributed by atoms with Gasteiger partial charge in [-0.2, -0.15) is 10.1 Å². The fourth-order valence-electron chi connectivity index (χ4n) is 2.73. The number of anilines is 1. The highest BCUT2D eigenvalue weighted by Crippen LogP contribution is 2.48. The number of hydrogen-bond acceptors (Lipinski definition) is 3. The van der Waals surface area contributed by atoms with Gasteiger partial charge >= 0.3 is 5.97 Å². The molecule has 0 atom stereocenters. The van der Waals surface area contributed by atoms with E-state index < -0.39 is 17.2 Å². The molecule has 6 heteroatoms. The van der Waals surface area contributed by atoms with Gasteiger partial charge in [0.05, 0.1) is 16.7 Å². The van der Waals surface area contributed by atoms with E-state index in [1.807, 2.05) is 0 Å². The van der Waals surface area contributed by atoms with Crippen molar-refractivity contribution < 1.29 is 19.1 Å². The van der Waals surface area contributed by atoms with Crippen LogP contribution in [0, 0.1) is 11.2 Å². The lowest BCUT2D eigenvalue weighted by atomic mass is 9.66. The topological polar surface area (TPSA) is 70.0 Å². The number of rotatable bonds is 2. The first-order valence-electron chi connectivity index (χ1n) is 6.39. The van der Waals surface area contributed by atoms with E-state index in [9.17, 15) is 14.0 Å². The van der Waals surface area contributed by atoms with Crippen LogP contribution in [0.3, 0.4) is 0 Å². The van der Waals surface area contributed by atoms with Crippen LogP contribution in [0.2, 0.25) is 0 Å². The van der Waals surface area contributed by atoms with Gasteiger partial charge in [0.2, 0.25) is 0 Å². The molecule has 2 aliphatic rings. The number of carbonyl (C=O) groups is 2. The standard InChI is InChI=1S/C14H13FN2O3/c1-8-14(5-2-6-14)13(20)17(16-8)11-4-3-9(12(18)19)7-10(11)15/h3-4,7H,2,5-6H2,1H3,(H,18,19). The third kappa shape index (κ3) is 1.57. The monoisotopic (exact) mass is 276 g/mol. The molecule has 104 valence electrons. The van der Waals surface area contributed by atoms with Crippen LogP contribution in [0.15, 0.2) is 23.3 Å². The Morgan fingerprint density at radius 1 is 1.45 bits per heavy atom. The largest absolute Gasteiger partial charge is 0.478 e. The van der Waals surface area contributed by atoms with Gasteiger partial charge in [-0.1, -0.05) is 6.42 Å². The predicted molar refractivity (Wildman–Crippen MR) is 70.2 cm³/mol. The Bertz CT molecular complexity index is 650. The highest BCUT2D eigenvalue weighted by atomic mass is 19.1. The van der Waals surface area contributed by atoms with Crippen molar-refractivity contribution in [2.24, 2.45) is 10.5 Å². The molecule has 0 unspecified atom stereocenters. The minimum absolute atomic E-state index is 0.00289. The number of hydrogen-bond donors (Lipinski definition) is 1. The maximum absolute atomic E-state index is 14.0. The Morgan fingerprint density at radius 3 is 2.60 bits per heavy atom. The fraction of sp³-hybridized carbons (Fsp3) is 0.357. The van der Waals surface area contributed by atoms with Gasteiger partial charge in [0, 0.05) is 0 Å². The minimum atomic E-state index is -1.21. The molecule has 1 heterocycles. The van der Waals surface area contributed by atoms with Crippen molar-refractivity contribution in [1.29, 1.82) is 0 Å². The van der Waals surface area contributed by atoms with E-state index in [0.29, 0.717) is 5.71 Å². The van der Waals surface area contributed by atoms with E-state index in [1.54, 1.807) is 6.92 Å². The van der Waals surface area contributed by atoms with Crippen molar-refractivity contribution in [2.45, 2.75) is 26.2 Å². The summed E-state index contributed by atoms with van der Waals surface area (Å²) in [5.41, 5.74) is -0.00620. The molecule has 0 saturated heterocycles. The molecule has 1 amide bonds. The van der Waals surface area contributed by atoms with Crippen molar-refractivity contribution in [3.63, 3.8) is 0 Å². The number of carbonyl (C=O) groups excluding carboxylic acids is 1. The lowest BCUT2D eigenvalue weighted by molar-refractivity contribution is -0.127. The molecular weight excluding hydrogens is 263 g/mol. The van der Waals surface area contributed by atoms with E-state index in [-0.39, 0.29) is 17.2 Å². The Hall–Kier alpha value is -2.24. The van der Waals surface area contributed by atoms with Crippen LogP contribution in [-0.4, -0.2) is 22.7 Å². The van der Waals surface area contributed by atoms with Gasteiger partial charge in [-0.25, -0.2) is 9.18 Å². The van der Waals surface area contributed by atoms with Gasteiger partial charge in [0.1, 0.15) is 11.5 Å². The number of benzene rings is 1. The molecule has 1 saturated carbocycles. The minimum Gasteiger partial charge on any atom is -0.478 e. The molecule has 5 nitrogen and oxygen atoms in total. The number of nitrogens with zero attached hydrogens (tertiary/aromatic N) is 2. The van der Waals surface area contributed by atoms with Crippen LogP contribution in [-0.2, 0) is 4.79 Å². The normalized spacial score (nSPS) is 20.0. The fourth-order valence-corrected chi connectivity index (χ4v) is 2.73. The summed E-state index contributed by atoms with van der Waals surface area (Å²) in [6.45, 7) is 1.78. The number of carboxylic acid groups (broad SMARTS) is 1. The summed E-state index contributed by atoms with van der Waals surface area (Å²) in [7, 11) is 0. The Morgan fingerprint density at radius 2 is 2.15 bits per heavy atom. The van der Waals surface area contributed by atoms with Crippen molar-refractivity contribution in [1.82, 2.24) is 0 Å². The van der Waals surface area contributed by atoms with Gasteiger partial charge in [-0.15, -0.1) is 0 Å². The molecule has 1 spiro atoms. The molecule has 1 N–H and O–H groups in total. The molecule has 0 aromatic heterocycles. The van der Waals surface area contributed by atoms with Crippen LogP contribution < -0.4 is 5.01 Å². The highest BCUT2D eigenvalue weighted by Gasteiger charge is 2.53. The summed E-state index contributed by atoms with van der Waals surface area (Å²) in [6, 6.07) is 3.46. The number of amides is 1. The maximum atomic E-state index is 14.0. The number of hydrazone groups is 1. The Balaban J connectivity index is 1.99. The van der Waals surface area contributed by atoms with Gasteiger partial charge in [0.15, 0.2) is 0 Å². The van der Waals surface area contributed by atoms with Gasteiger partial charge in [-0.05, 0) is 38.0 Å². The zero-order chi connectivity index (χ0) is 14.5. The van der Waals surface area contributed by atoms with Crippen LogP contribution >= 0.6 is 0 Å². The Kier molecular flexibility index (Phi) is 2.64. The molecule has 0 bridgehead atoms. The second-order valence-corrected chi connectivity index (χ2v) is 5.21. The first kappa shape index (κ1) is 12.8. The predicted octanol–water partition coefficient (Wildman–Crippen LogP) is 2.42. The molecule has 1 fully saturated rings. The second kappa shape index (κ2) is 4.13. The molecule has 1 aromatic carbocycles. The zero-order valence-corrected chi connectivity index (χ0v) is 10.9. The molecule has 1 aliphatic carbocycles. The third-order valence-corrected chi connectivity index (χ3v) is 4.17. The Labute approximate surface area is 114 Å². The number of halogens is 1. The van der Waals surface area contributed by atoms with Crippen LogP contribution in [0.25, 0.3) is 0 Å². The maximum Gasteiger partial charge on any atom is 0.335 e. The molecule has 20 heavy (non-hydrogen) atoms. The molecule has 0 radical (unpaired) electrons. The number of carboxylic acids is 1. The van der Waals surface area contributed by atoms with E-state index in [4.69, 9.17) is 5.11 Å². The van der Waals surface area contributed by atoms with Crippen molar-refractivity contribution in [3.05, 3.63) is 29.6 Å². The lowest BCUT2D eigenvalue weighted by Gasteiger charge is -2.36. The molecule has 3 rings (SSSR count). The SMILES string of the molecule is CC1=NN(c2ccc(C(=O)O)cc2F)C(=O)C12CCC2. The van der Waals surface area contributed by atoms with Gasteiger partial charge in [-0.3, -0.25) is 4.79 Å². The first-order chi connectivity index (χ1) is 9.45. The first-order valence-corrected chi connectivity index (χ1v) is 6.39. The highest BCUT2D eigenvalue weighted by molar-refractivity contribution is 6.19. The lowest BCUT2D eigenvalue weighted by Crippen LogP contribution is -2.44. The third-order valence-electron chi connectivity index (χ3n) is 4.17. The van der Waals surface area contributed by atoms with Crippen molar-refractivity contribution in [3.8, 4) is 0 Å². The van der Waals surface area contributed by atoms with Gasteiger partial charge < -0.3 is 5.11 Å². The summed E-state index contributed by atoms with van der Waals surface area (Å²) in [4.78, 5) is 23.2. The van der Waals surface area contributed by atoms with Crippen LogP contribution in [0.1, 0.15) is 36.5 Å². The zero-order valence-electron chi connectivity index (χ0n) is 10.9. The van der Waals surface area contributed by atoms with E-state index in [0.717, 1.165) is 30.3 Å². The average molecular weight is 276 g/mol. The molecule has 1 aliphatic heterocycles. The van der Waals surface area contributed by atoms with E-state index >= 15 is 0 Å². The second-order valence-electron chi connectivity index (χ2n) is 5.21. The summed E-state index contributed by atoms with van der Waals surface area (Å²) < 4.78 is 14.0. The molecular formula is C14H13FN2O3. The summed E-state index contributed by atoms with van der Waals surface area (Å²) in [6.07, 6.45) is 2.45. The van der Waals surface area contributed by atoms with Crippen molar-refractivity contribution in [2.75, 3.05) is 5.01 Å². The van der Waals surface area contributed by atoms with Crippen LogP contribution in [0.4, 0.5) is 10.1 Å². The van der Waals surface area contributed by atoms with Gasteiger partial charge in [0.25, 0.3) is 5.91 Å². The van der Waals surface area contributed by atoms with E-state index in [1.165, 1.54) is 12.1 Å².